The van der Waals surface area contributed by atoms with Crippen LogP contribution in [0.15, 0.2) is 36.4 Å². The summed E-state index contributed by atoms with van der Waals surface area (Å²) in [5.41, 5.74) is 2.21. The van der Waals surface area contributed by atoms with Gasteiger partial charge < -0.3 is 15.2 Å². The SMILES string of the molecule is Cc1cc(I)ccc1NC(=O)COC(=O)c1cccc(C)c1O. The lowest BCUT2D eigenvalue weighted by atomic mass is 10.1. The van der Waals surface area contributed by atoms with Gasteiger partial charge in [0, 0.05) is 9.26 Å². The quantitative estimate of drug-likeness (QED) is 0.582. The summed E-state index contributed by atoms with van der Waals surface area (Å²) in [6.07, 6.45) is 0. The highest BCUT2D eigenvalue weighted by molar-refractivity contribution is 14.1. The van der Waals surface area contributed by atoms with Crippen LogP contribution >= 0.6 is 22.6 Å². The number of hydrogen-bond donors (Lipinski definition) is 2. The molecule has 2 aromatic carbocycles. The molecule has 23 heavy (non-hydrogen) atoms. The number of para-hydroxylation sites is 1. The number of aryl methyl sites for hydroxylation is 2. The molecule has 0 saturated heterocycles. The van der Waals surface area contributed by atoms with Crippen LogP contribution < -0.4 is 5.32 Å². The van der Waals surface area contributed by atoms with E-state index in [1.165, 1.54) is 6.07 Å². The van der Waals surface area contributed by atoms with Crippen molar-refractivity contribution in [2.75, 3.05) is 11.9 Å². The number of anilines is 1. The molecular weight excluding hydrogens is 409 g/mol. The minimum absolute atomic E-state index is 0.0447. The molecule has 0 atom stereocenters. The van der Waals surface area contributed by atoms with Gasteiger partial charge in [0.2, 0.25) is 0 Å². The maximum atomic E-state index is 11.9. The van der Waals surface area contributed by atoms with E-state index in [9.17, 15) is 14.7 Å². The largest absolute Gasteiger partial charge is 0.507 e. The Hall–Kier alpha value is -2.09. The molecule has 120 valence electrons. The van der Waals surface area contributed by atoms with Crippen LogP contribution in [0.5, 0.6) is 5.75 Å². The Morgan fingerprint density at radius 2 is 1.91 bits per heavy atom. The van der Waals surface area contributed by atoms with E-state index in [4.69, 9.17) is 4.74 Å². The maximum absolute atomic E-state index is 11.9. The van der Waals surface area contributed by atoms with E-state index in [1.807, 2.05) is 19.1 Å². The fraction of sp³-hybridized carbons (Fsp3) is 0.176. The number of esters is 1. The van der Waals surface area contributed by atoms with Gasteiger partial charge >= 0.3 is 5.97 Å². The standard InChI is InChI=1S/C17H16INO4/c1-10-4-3-5-13(16(10)21)17(22)23-9-15(20)19-14-7-6-12(18)8-11(14)2/h3-8,21H,9H2,1-2H3,(H,19,20). The second-order valence-corrected chi connectivity index (χ2v) is 6.30. The van der Waals surface area contributed by atoms with Crippen LogP contribution in [0.25, 0.3) is 0 Å². The molecule has 0 unspecified atom stereocenters. The van der Waals surface area contributed by atoms with Gasteiger partial charge in [0.05, 0.1) is 0 Å². The first-order chi connectivity index (χ1) is 10.9. The Morgan fingerprint density at radius 3 is 2.61 bits per heavy atom. The average Bonchev–Trinajstić information content (AvgIpc) is 2.50. The summed E-state index contributed by atoms with van der Waals surface area (Å²) in [5, 5.41) is 12.5. The second kappa shape index (κ2) is 7.45. The van der Waals surface area contributed by atoms with E-state index in [0.29, 0.717) is 11.3 Å². The molecule has 0 saturated carbocycles. The van der Waals surface area contributed by atoms with Crippen molar-refractivity contribution in [3.05, 3.63) is 56.7 Å². The zero-order chi connectivity index (χ0) is 17.0. The van der Waals surface area contributed by atoms with Crippen molar-refractivity contribution < 1.29 is 19.4 Å². The Bertz CT molecular complexity index is 758. The zero-order valence-corrected chi connectivity index (χ0v) is 14.9. The number of nitrogens with one attached hydrogen (secondary N) is 1. The number of amides is 1. The van der Waals surface area contributed by atoms with Crippen molar-refractivity contribution in [2.45, 2.75) is 13.8 Å². The number of halogens is 1. The van der Waals surface area contributed by atoms with Crippen LogP contribution in [-0.4, -0.2) is 23.6 Å². The summed E-state index contributed by atoms with van der Waals surface area (Å²) in [7, 11) is 0. The van der Waals surface area contributed by atoms with Gasteiger partial charge in [-0.1, -0.05) is 12.1 Å². The number of carbonyl (C=O) groups excluding carboxylic acids is 2. The Kier molecular flexibility index (Phi) is 5.59. The second-order valence-electron chi connectivity index (χ2n) is 5.05. The predicted molar refractivity (Wildman–Crippen MR) is 95.7 cm³/mol. The lowest BCUT2D eigenvalue weighted by molar-refractivity contribution is -0.119. The summed E-state index contributed by atoms with van der Waals surface area (Å²) in [6.45, 7) is 3.14. The number of ether oxygens (including phenoxy) is 1. The van der Waals surface area contributed by atoms with Gasteiger partial charge in [-0.2, -0.15) is 0 Å². The molecule has 0 aliphatic rings. The smallest absolute Gasteiger partial charge is 0.342 e. The summed E-state index contributed by atoms with van der Waals surface area (Å²) in [4.78, 5) is 23.8. The summed E-state index contributed by atoms with van der Waals surface area (Å²) in [6, 6.07) is 10.4. The van der Waals surface area contributed by atoms with Crippen molar-refractivity contribution in [1.82, 2.24) is 0 Å². The number of rotatable bonds is 4. The van der Waals surface area contributed by atoms with Gasteiger partial charge in [-0.3, -0.25) is 4.79 Å². The molecule has 0 aliphatic carbocycles. The van der Waals surface area contributed by atoms with Crippen molar-refractivity contribution in [3.8, 4) is 5.75 Å². The molecule has 0 fully saturated rings. The van der Waals surface area contributed by atoms with E-state index in [1.54, 1.807) is 25.1 Å². The Morgan fingerprint density at radius 1 is 1.17 bits per heavy atom. The van der Waals surface area contributed by atoms with Gasteiger partial charge in [0.25, 0.3) is 5.91 Å². The highest BCUT2D eigenvalue weighted by atomic mass is 127. The lowest BCUT2D eigenvalue weighted by Gasteiger charge is -2.10. The van der Waals surface area contributed by atoms with Gasteiger partial charge in [-0.25, -0.2) is 4.79 Å². The first kappa shape index (κ1) is 17.3. The first-order valence-electron chi connectivity index (χ1n) is 6.90. The van der Waals surface area contributed by atoms with Gasteiger partial charge in [0.15, 0.2) is 6.61 Å². The molecule has 1 amide bonds. The van der Waals surface area contributed by atoms with E-state index in [2.05, 4.69) is 27.9 Å². The first-order valence-corrected chi connectivity index (χ1v) is 7.98. The van der Waals surface area contributed by atoms with Crippen LogP contribution in [0.4, 0.5) is 5.69 Å². The predicted octanol–water partition coefficient (Wildman–Crippen LogP) is 3.41. The van der Waals surface area contributed by atoms with E-state index in [0.717, 1.165) is 9.13 Å². The molecule has 0 aliphatic heterocycles. The highest BCUT2D eigenvalue weighted by Gasteiger charge is 2.15. The summed E-state index contributed by atoms with van der Waals surface area (Å²) >= 11 is 2.19. The third-order valence-corrected chi connectivity index (χ3v) is 3.93. The van der Waals surface area contributed by atoms with Crippen molar-refractivity contribution >= 4 is 40.2 Å². The molecular formula is C17H16INO4. The van der Waals surface area contributed by atoms with Gasteiger partial charge in [-0.15, -0.1) is 0 Å². The molecule has 0 radical (unpaired) electrons. The molecule has 0 spiro atoms. The highest BCUT2D eigenvalue weighted by Crippen LogP contribution is 2.22. The normalized spacial score (nSPS) is 10.2. The molecule has 6 heteroatoms. The Balaban J connectivity index is 1.96. The fourth-order valence-electron chi connectivity index (χ4n) is 1.99. The number of hydrogen-bond acceptors (Lipinski definition) is 4. The van der Waals surface area contributed by atoms with Crippen molar-refractivity contribution in [1.29, 1.82) is 0 Å². The van der Waals surface area contributed by atoms with Crippen molar-refractivity contribution in [3.63, 3.8) is 0 Å². The molecule has 2 rings (SSSR count). The zero-order valence-electron chi connectivity index (χ0n) is 12.7. The van der Waals surface area contributed by atoms with Crippen LogP contribution in [0.3, 0.4) is 0 Å². The van der Waals surface area contributed by atoms with Gasteiger partial charge in [-0.05, 0) is 71.8 Å². The molecule has 5 nitrogen and oxygen atoms in total. The van der Waals surface area contributed by atoms with Crippen LogP contribution in [-0.2, 0) is 9.53 Å². The van der Waals surface area contributed by atoms with E-state index in [-0.39, 0.29) is 11.3 Å². The number of aromatic hydroxyl groups is 1. The lowest BCUT2D eigenvalue weighted by Crippen LogP contribution is -2.21. The number of carbonyl (C=O) groups is 2. The summed E-state index contributed by atoms with van der Waals surface area (Å²) < 4.78 is 6.02. The van der Waals surface area contributed by atoms with Gasteiger partial charge in [0.1, 0.15) is 11.3 Å². The minimum Gasteiger partial charge on any atom is -0.507 e. The van der Waals surface area contributed by atoms with Crippen LogP contribution in [0.1, 0.15) is 21.5 Å². The molecule has 0 bridgehead atoms. The van der Waals surface area contributed by atoms with E-state index < -0.39 is 18.5 Å². The number of phenolic OH excluding ortho intramolecular Hbond substituents is 1. The van der Waals surface area contributed by atoms with Crippen molar-refractivity contribution in [2.24, 2.45) is 0 Å². The average molecular weight is 425 g/mol. The van der Waals surface area contributed by atoms with Crippen LogP contribution in [0, 0.1) is 17.4 Å². The number of benzene rings is 2. The molecule has 2 aromatic rings. The van der Waals surface area contributed by atoms with Crippen LogP contribution in [0.2, 0.25) is 0 Å². The molecule has 0 aromatic heterocycles. The van der Waals surface area contributed by atoms with E-state index >= 15 is 0 Å². The maximum Gasteiger partial charge on any atom is 0.342 e. The fourth-order valence-corrected chi connectivity index (χ4v) is 2.63. The molecule has 2 N–H and O–H groups in total. The monoisotopic (exact) mass is 425 g/mol. The minimum atomic E-state index is -0.735. The third kappa shape index (κ3) is 4.44. The summed E-state index contributed by atoms with van der Waals surface area (Å²) in [5.74, 6) is -1.30. The topological polar surface area (TPSA) is 75.6 Å². The third-order valence-electron chi connectivity index (χ3n) is 3.25. The number of phenols is 1. The Labute approximate surface area is 147 Å². The molecule has 0 heterocycles.